The fourth-order valence-corrected chi connectivity index (χ4v) is 5.74. The molecule has 0 atom stereocenters. The minimum atomic E-state index is 0.0216. The van der Waals surface area contributed by atoms with Crippen molar-refractivity contribution in [2.45, 2.75) is 58.3 Å². The van der Waals surface area contributed by atoms with Gasteiger partial charge in [-0.15, -0.1) is 0 Å². The van der Waals surface area contributed by atoms with Crippen LogP contribution in [-0.2, 0) is 0 Å². The van der Waals surface area contributed by atoms with Crippen LogP contribution in [0.4, 0.5) is 0 Å². The molecule has 2 aromatic carbocycles. The Hall–Kier alpha value is -2.57. The molecule has 2 heterocycles. The number of fused-ring (bicyclic) bond motifs is 3. The first kappa shape index (κ1) is 26.1. The van der Waals surface area contributed by atoms with Crippen LogP contribution >= 0.6 is 0 Å². The number of carbonyl (C=O) groups is 1. The van der Waals surface area contributed by atoms with Gasteiger partial charge >= 0.3 is 0 Å². The number of ketones is 1. The Bertz CT molecular complexity index is 1060. The smallest absolute Gasteiger partial charge is 0.194 e. The number of ether oxygens (including phenoxy) is 3. The lowest BCUT2D eigenvalue weighted by Crippen LogP contribution is -2.33. The average Bonchev–Trinajstić information content (AvgIpc) is 3.23. The maximum atomic E-state index is 13.5. The predicted octanol–water partition coefficient (Wildman–Crippen LogP) is 5.81. The van der Waals surface area contributed by atoms with Gasteiger partial charge in [-0.3, -0.25) is 14.6 Å². The van der Waals surface area contributed by atoms with E-state index in [1.165, 1.54) is 38.5 Å². The minimum absolute atomic E-state index is 0.0216. The van der Waals surface area contributed by atoms with Gasteiger partial charge in [0.15, 0.2) is 5.78 Å². The molecule has 6 nitrogen and oxygen atoms in total. The van der Waals surface area contributed by atoms with E-state index in [9.17, 15) is 4.79 Å². The van der Waals surface area contributed by atoms with Crippen LogP contribution in [0.1, 0.15) is 74.2 Å². The molecule has 0 radical (unpaired) electrons. The Balaban J connectivity index is 1.35. The minimum Gasteiger partial charge on any atom is -0.493 e. The van der Waals surface area contributed by atoms with Gasteiger partial charge in [-0.2, -0.15) is 0 Å². The van der Waals surface area contributed by atoms with Crippen molar-refractivity contribution in [2.24, 2.45) is 0 Å². The van der Waals surface area contributed by atoms with Gasteiger partial charge in [0.1, 0.15) is 30.5 Å². The third-order valence-electron chi connectivity index (χ3n) is 7.84. The molecule has 0 saturated carbocycles. The lowest BCUT2D eigenvalue weighted by Gasteiger charge is -2.26. The first-order valence-corrected chi connectivity index (χ1v) is 14.4. The van der Waals surface area contributed by atoms with E-state index < -0.39 is 0 Å². The van der Waals surface area contributed by atoms with Crippen LogP contribution in [0.5, 0.6) is 17.2 Å². The summed E-state index contributed by atoms with van der Waals surface area (Å²) in [5, 5.41) is 0. The molecular formula is C31H42N2O4. The number of benzene rings is 2. The molecule has 0 unspecified atom stereocenters. The summed E-state index contributed by atoms with van der Waals surface area (Å²) in [6.45, 7) is 10.4. The standard InChI is InChI=1S/C31H42N2O4/c1-2-3-19-36-28-23-24(35-20-17-32-13-6-4-7-14-32)22-26-30(28)29-25(31(26)34)11-10-12-27(29)37-21-18-33-15-8-5-9-16-33/h10-12,22-23H,2-9,13-21H2,1H3. The van der Waals surface area contributed by atoms with E-state index in [0.717, 1.165) is 74.7 Å². The Kier molecular flexibility index (Phi) is 9.01. The molecule has 2 aliphatic heterocycles. The van der Waals surface area contributed by atoms with Gasteiger partial charge in [0.05, 0.1) is 6.61 Å². The fraction of sp³-hybridized carbons (Fsp3) is 0.581. The lowest BCUT2D eigenvalue weighted by molar-refractivity contribution is 0.104. The van der Waals surface area contributed by atoms with E-state index in [2.05, 4.69) is 16.7 Å². The van der Waals surface area contributed by atoms with Crippen molar-refractivity contribution in [3.8, 4) is 28.4 Å². The number of nitrogens with zero attached hydrogens (tertiary/aromatic N) is 2. The SMILES string of the molecule is CCCCOc1cc(OCCN2CCCCC2)cc2c1-c1c(OCCN3CCCCC3)cccc1C2=O. The van der Waals surface area contributed by atoms with E-state index in [1.54, 1.807) is 0 Å². The van der Waals surface area contributed by atoms with Gasteiger partial charge < -0.3 is 14.2 Å². The molecule has 2 fully saturated rings. The lowest BCUT2D eigenvalue weighted by atomic mass is 10.0. The summed E-state index contributed by atoms with van der Waals surface area (Å²) in [4.78, 5) is 18.5. The highest BCUT2D eigenvalue weighted by molar-refractivity contribution is 6.23. The fourth-order valence-electron chi connectivity index (χ4n) is 5.74. The quantitative estimate of drug-likeness (QED) is 0.289. The summed E-state index contributed by atoms with van der Waals surface area (Å²) < 4.78 is 18.8. The summed E-state index contributed by atoms with van der Waals surface area (Å²) >= 11 is 0. The molecule has 200 valence electrons. The Labute approximate surface area is 221 Å². The number of likely N-dealkylation sites (tertiary alicyclic amines) is 2. The van der Waals surface area contributed by atoms with E-state index in [0.29, 0.717) is 36.7 Å². The predicted molar refractivity (Wildman–Crippen MR) is 147 cm³/mol. The number of carbonyl (C=O) groups excluding carboxylic acids is 1. The highest BCUT2D eigenvalue weighted by Gasteiger charge is 2.33. The highest BCUT2D eigenvalue weighted by atomic mass is 16.5. The van der Waals surface area contributed by atoms with Crippen LogP contribution < -0.4 is 14.2 Å². The van der Waals surface area contributed by atoms with Crippen LogP contribution in [0.15, 0.2) is 30.3 Å². The second-order valence-corrected chi connectivity index (χ2v) is 10.6. The zero-order valence-corrected chi connectivity index (χ0v) is 22.4. The van der Waals surface area contributed by atoms with E-state index >= 15 is 0 Å². The van der Waals surface area contributed by atoms with Crippen molar-refractivity contribution >= 4 is 5.78 Å². The number of rotatable bonds is 12. The van der Waals surface area contributed by atoms with Crippen molar-refractivity contribution in [1.29, 1.82) is 0 Å². The van der Waals surface area contributed by atoms with Crippen molar-refractivity contribution in [1.82, 2.24) is 9.80 Å². The number of unbranched alkanes of at least 4 members (excludes halogenated alkanes) is 1. The first-order valence-electron chi connectivity index (χ1n) is 14.4. The maximum absolute atomic E-state index is 13.5. The molecule has 0 spiro atoms. The molecular weight excluding hydrogens is 464 g/mol. The summed E-state index contributed by atoms with van der Waals surface area (Å²) in [5.74, 6) is 2.21. The normalized spacial score (nSPS) is 17.9. The molecule has 0 amide bonds. The summed E-state index contributed by atoms with van der Waals surface area (Å²) in [6.07, 6.45) is 9.73. The number of hydrogen-bond acceptors (Lipinski definition) is 6. The molecule has 6 heteroatoms. The van der Waals surface area contributed by atoms with Crippen LogP contribution in [0.3, 0.4) is 0 Å². The van der Waals surface area contributed by atoms with E-state index in [-0.39, 0.29) is 5.78 Å². The van der Waals surface area contributed by atoms with Crippen molar-refractivity contribution in [2.75, 3.05) is 59.1 Å². The Morgan fingerprint density at radius 1 is 0.703 bits per heavy atom. The van der Waals surface area contributed by atoms with Crippen LogP contribution in [0.25, 0.3) is 11.1 Å². The summed E-state index contributed by atoms with van der Waals surface area (Å²) in [7, 11) is 0. The second-order valence-electron chi connectivity index (χ2n) is 10.6. The van der Waals surface area contributed by atoms with Crippen LogP contribution in [0, 0.1) is 0 Å². The summed E-state index contributed by atoms with van der Waals surface area (Å²) in [5.41, 5.74) is 3.07. The molecule has 3 aliphatic rings. The van der Waals surface area contributed by atoms with E-state index in [1.807, 2.05) is 30.3 Å². The second kappa shape index (κ2) is 12.8. The van der Waals surface area contributed by atoms with Gasteiger partial charge in [-0.05, 0) is 70.4 Å². The van der Waals surface area contributed by atoms with Gasteiger partial charge in [-0.1, -0.05) is 38.3 Å². The zero-order chi connectivity index (χ0) is 25.5. The van der Waals surface area contributed by atoms with Crippen molar-refractivity contribution < 1.29 is 19.0 Å². The highest BCUT2D eigenvalue weighted by Crippen LogP contribution is 2.49. The molecule has 5 rings (SSSR count). The topological polar surface area (TPSA) is 51.2 Å². The van der Waals surface area contributed by atoms with Gasteiger partial charge in [-0.25, -0.2) is 0 Å². The summed E-state index contributed by atoms with van der Waals surface area (Å²) in [6, 6.07) is 9.68. The molecule has 2 saturated heterocycles. The van der Waals surface area contributed by atoms with Crippen molar-refractivity contribution in [3.63, 3.8) is 0 Å². The molecule has 2 aromatic rings. The zero-order valence-electron chi connectivity index (χ0n) is 22.4. The molecule has 1 aliphatic carbocycles. The Morgan fingerprint density at radius 2 is 1.32 bits per heavy atom. The van der Waals surface area contributed by atoms with Gasteiger partial charge in [0, 0.05) is 41.4 Å². The number of hydrogen-bond donors (Lipinski definition) is 0. The molecule has 0 N–H and O–H groups in total. The largest absolute Gasteiger partial charge is 0.493 e. The van der Waals surface area contributed by atoms with Gasteiger partial charge in [0.2, 0.25) is 0 Å². The third kappa shape index (κ3) is 6.29. The van der Waals surface area contributed by atoms with Crippen LogP contribution in [0.2, 0.25) is 0 Å². The van der Waals surface area contributed by atoms with E-state index in [4.69, 9.17) is 14.2 Å². The average molecular weight is 507 g/mol. The van der Waals surface area contributed by atoms with Crippen molar-refractivity contribution in [3.05, 3.63) is 41.5 Å². The molecule has 0 bridgehead atoms. The third-order valence-corrected chi connectivity index (χ3v) is 7.84. The monoisotopic (exact) mass is 506 g/mol. The molecule has 0 aromatic heterocycles. The Morgan fingerprint density at radius 3 is 2.00 bits per heavy atom. The van der Waals surface area contributed by atoms with Crippen LogP contribution in [-0.4, -0.2) is 74.7 Å². The molecule has 37 heavy (non-hydrogen) atoms. The number of piperidine rings is 2. The first-order chi connectivity index (χ1) is 18.2. The van der Waals surface area contributed by atoms with Gasteiger partial charge in [0.25, 0.3) is 0 Å². The maximum Gasteiger partial charge on any atom is 0.194 e.